The fraction of sp³-hybridized carbons (Fsp3) is 0.391. The Balaban J connectivity index is 1.88. The third kappa shape index (κ3) is 2.66. The van der Waals surface area contributed by atoms with Gasteiger partial charge in [0.05, 0.1) is 22.2 Å². The summed E-state index contributed by atoms with van der Waals surface area (Å²) < 4.78 is 34.7. The van der Waals surface area contributed by atoms with Crippen LogP contribution in [0.3, 0.4) is 0 Å². The lowest BCUT2D eigenvalue weighted by molar-refractivity contribution is 0.245. The number of rotatable bonds is 4. The molecule has 0 unspecified atom stereocenters. The van der Waals surface area contributed by atoms with Gasteiger partial charge in [-0.1, -0.05) is 31.2 Å². The highest BCUT2D eigenvalue weighted by atomic mass is 32.2. The molecule has 1 saturated heterocycles. The summed E-state index contributed by atoms with van der Waals surface area (Å²) in [6, 6.07) is 13.1. The van der Waals surface area contributed by atoms with E-state index in [0.717, 1.165) is 59.5 Å². The van der Waals surface area contributed by atoms with E-state index in [-0.39, 0.29) is 12.0 Å². The maximum Gasteiger partial charge on any atom is 0.269 e. The van der Waals surface area contributed by atoms with E-state index >= 15 is 0 Å². The Hall–Kier alpha value is -2.31. The predicted octanol–water partition coefficient (Wildman–Crippen LogP) is 4.46. The van der Waals surface area contributed by atoms with Crippen LogP contribution in [0.1, 0.15) is 38.7 Å². The van der Waals surface area contributed by atoms with Gasteiger partial charge in [0, 0.05) is 23.4 Å². The van der Waals surface area contributed by atoms with E-state index in [4.69, 9.17) is 4.74 Å². The average molecular weight is 411 g/mol. The molecule has 0 amide bonds. The van der Waals surface area contributed by atoms with Crippen molar-refractivity contribution >= 4 is 20.9 Å². The summed E-state index contributed by atoms with van der Waals surface area (Å²) in [5.74, 6) is 1.06. The molecule has 3 heterocycles. The summed E-state index contributed by atoms with van der Waals surface area (Å²) in [5.41, 5.74) is 3.49. The van der Waals surface area contributed by atoms with E-state index in [1.54, 1.807) is 16.1 Å². The molecule has 152 valence electrons. The predicted molar refractivity (Wildman–Crippen MR) is 115 cm³/mol. The number of nitrogens with zero attached hydrogens (tertiary/aromatic N) is 2. The first kappa shape index (κ1) is 18.7. The first-order chi connectivity index (χ1) is 13.9. The summed E-state index contributed by atoms with van der Waals surface area (Å²) in [6.07, 6.45) is 1.04. The molecule has 5 rings (SSSR count). The molecule has 0 radical (unpaired) electrons. The van der Waals surface area contributed by atoms with E-state index < -0.39 is 10.0 Å². The second-order valence-electron chi connectivity index (χ2n) is 8.22. The van der Waals surface area contributed by atoms with Crippen molar-refractivity contribution in [2.75, 3.05) is 19.6 Å². The Bertz CT molecular complexity index is 1210. The maximum atomic E-state index is 13.5. The van der Waals surface area contributed by atoms with E-state index in [0.29, 0.717) is 4.90 Å². The van der Waals surface area contributed by atoms with Crippen LogP contribution in [0.15, 0.2) is 47.4 Å². The monoisotopic (exact) mass is 410 g/mol. The second kappa shape index (κ2) is 6.61. The van der Waals surface area contributed by atoms with Gasteiger partial charge in [-0.15, -0.1) is 0 Å². The third-order valence-electron chi connectivity index (χ3n) is 6.10. The van der Waals surface area contributed by atoms with Crippen LogP contribution in [0.5, 0.6) is 5.75 Å². The molecule has 29 heavy (non-hydrogen) atoms. The number of ether oxygens (including phenoxy) is 1. The van der Waals surface area contributed by atoms with Crippen LogP contribution in [0.4, 0.5) is 0 Å². The minimum Gasteiger partial charge on any atom is -0.490 e. The molecule has 6 heteroatoms. The standard InChI is InChI=1S/C23H26N2O3S/c1-4-24-13-12-16(14-24)21-22-18(9-7-10-19(22)28-15(2)3)25-23(21)17-8-5-6-11-20(17)29(25,26)27/h5-11,15-16H,4,12-14H2,1-3H3/t16-/m1/s1. The highest BCUT2D eigenvalue weighted by Gasteiger charge is 2.40. The first-order valence-electron chi connectivity index (χ1n) is 10.3. The summed E-state index contributed by atoms with van der Waals surface area (Å²) in [7, 11) is -3.62. The molecule has 2 aromatic carbocycles. The number of hydrogen-bond donors (Lipinski definition) is 0. The fourth-order valence-electron chi connectivity index (χ4n) is 4.90. The van der Waals surface area contributed by atoms with Gasteiger partial charge in [0.15, 0.2) is 0 Å². The van der Waals surface area contributed by atoms with Gasteiger partial charge in [0.2, 0.25) is 0 Å². The van der Waals surface area contributed by atoms with Crippen molar-refractivity contribution in [1.29, 1.82) is 0 Å². The molecule has 0 spiro atoms. The van der Waals surface area contributed by atoms with E-state index in [2.05, 4.69) is 11.8 Å². The van der Waals surface area contributed by atoms with Crippen LogP contribution in [-0.4, -0.2) is 43.0 Å². The lowest BCUT2D eigenvalue weighted by Gasteiger charge is -2.17. The van der Waals surface area contributed by atoms with Crippen LogP contribution in [0, 0.1) is 0 Å². The molecule has 2 aliphatic rings. The Morgan fingerprint density at radius 1 is 1.14 bits per heavy atom. The molecular weight excluding hydrogens is 384 g/mol. The Morgan fingerprint density at radius 3 is 2.66 bits per heavy atom. The van der Waals surface area contributed by atoms with Crippen molar-refractivity contribution in [1.82, 2.24) is 8.87 Å². The number of likely N-dealkylation sites (tertiary alicyclic amines) is 1. The molecule has 3 aromatic rings. The van der Waals surface area contributed by atoms with Gasteiger partial charge in [-0.05, 0) is 57.1 Å². The minimum absolute atomic E-state index is 0.0165. The van der Waals surface area contributed by atoms with E-state index in [1.807, 2.05) is 44.2 Å². The van der Waals surface area contributed by atoms with Crippen molar-refractivity contribution in [2.45, 2.75) is 44.1 Å². The first-order valence-corrected chi connectivity index (χ1v) is 11.8. The molecular formula is C23H26N2O3S. The number of fused-ring (bicyclic) bond motifs is 5. The maximum absolute atomic E-state index is 13.5. The highest BCUT2D eigenvalue weighted by molar-refractivity contribution is 7.90. The zero-order valence-corrected chi connectivity index (χ0v) is 17.9. The molecule has 1 fully saturated rings. The summed E-state index contributed by atoms with van der Waals surface area (Å²) >= 11 is 0. The third-order valence-corrected chi connectivity index (χ3v) is 7.87. The van der Waals surface area contributed by atoms with Gasteiger partial charge >= 0.3 is 0 Å². The van der Waals surface area contributed by atoms with Crippen molar-refractivity contribution in [3.63, 3.8) is 0 Å². The summed E-state index contributed by atoms with van der Waals surface area (Å²) in [4.78, 5) is 2.83. The zero-order valence-electron chi connectivity index (χ0n) is 17.1. The fourth-order valence-corrected chi connectivity index (χ4v) is 6.64. The lowest BCUT2D eigenvalue weighted by Crippen LogP contribution is -2.19. The summed E-state index contributed by atoms with van der Waals surface area (Å²) in [6.45, 7) is 9.17. The lowest BCUT2D eigenvalue weighted by atomic mass is 9.92. The van der Waals surface area contributed by atoms with Crippen LogP contribution >= 0.6 is 0 Å². The van der Waals surface area contributed by atoms with Crippen LogP contribution in [0.2, 0.25) is 0 Å². The van der Waals surface area contributed by atoms with Gasteiger partial charge < -0.3 is 9.64 Å². The van der Waals surface area contributed by atoms with Crippen molar-refractivity contribution < 1.29 is 13.2 Å². The van der Waals surface area contributed by atoms with Crippen LogP contribution in [-0.2, 0) is 10.0 Å². The van der Waals surface area contributed by atoms with Crippen molar-refractivity contribution in [3.05, 3.63) is 48.0 Å². The van der Waals surface area contributed by atoms with Crippen LogP contribution < -0.4 is 4.74 Å². The van der Waals surface area contributed by atoms with E-state index in [9.17, 15) is 8.42 Å². The van der Waals surface area contributed by atoms with Gasteiger partial charge in [-0.2, -0.15) is 0 Å². The van der Waals surface area contributed by atoms with Gasteiger partial charge in [-0.25, -0.2) is 12.4 Å². The average Bonchev–Trinajstić information content (AvgIpc) is 3.35. The normalized spacial score (nSPS) is 20.3. The largest absolute Gasteiger partial charge is 0.490 e. The zero-order chi connectivity index (χ0) is 20.3. The molecule has 0 saturated carbocycles. The second-order valence-corrected chi connectivity index (χ2v) is 9.98. The molecule has 0 N–H and O–H groups in total. The van der Waals surface area contributed by atoms with E-state index in [1.165, 1.54) is 0 Å². The molecule has 0 aliphatic carbocycles. The highest BCUT2D eigenvalue weighted by Crippen LogP contribution is 2.51. The van der Waals surface area contributed by atoms with Gasteiger partial charge in [0.25, 0.3) is 10.0 Å². The Labute approximate surface area is 171 Å². The SMILES string of the molecule is CCN1CC[C@@H](c2c3n(c4cccc(OC(C)C)c24)S(=O)(=O)c2ccccc2-3)C1. The summed E-state index contributed by atoms with van der Waals surface area (Å²) in [5, 5.41) is 0.956. The number of hydrogen-bond acceptors (Lipinski definition) is 4. The quantitative estimate of drug-likeness (QED) is 0.499. The number of likely N-dealkylation sites (N-methyl/N-ethyl adjacent to an activating group) is 1. The van der Waals surface area contributed by atoms with Crippen molar-refractivity contribution in [3.8, 4) is 17.0 Å². The Kier molecular flexibility index (Phi) is 4.26. The minimum atomic E-state index is -3.62. The Morgan fingerprint density at radius 2 is 1.93 bits per heavy atom. The number of aromatic nitrogens is 1. The molecule has 1 aromatic heterocycles. The van der Waals surface area contributed by atoms with Crippen molar-refractivity contribution in [2.24, 2.45) is 0 Å². The number of benzene rings is 2. The van der Waals surface area contributed by atoms with Gasteiger partial charge in [0.1, 0.15) is 5.75 Å². The smallest absolute Gasteiger partial charge is 0.269 e. The van der Waals surface area contributed by atoms with Crippen LogP contribution in [0.25, 0.3) is 22.2 Å². The van der Waals surface area contributed by atoms with Gasteiger partial charge in [-0.3, -0.25) is 0 Å². The molecule has 0 bridgehead atoms. The molecule has 1 atom stereocenters. The molecule has 5 nitrogen and oxygen atoms in total. The topological polar surface area (TPSA) is 51.5 Å². The molecule has 2 aliphatic heterocycles.